The van der Waals surface area contributed by atoms with E-state index in [-0.39, 0.29) is 0 Å². The molecule has 0 amide bonds. The summed E-state index contributed by atoms with van der Waals surface area (Å²) in [5, 5.41) is 35.0. The molecule has 0 bridgehead atoms. The van der Waals surface area contributed by atoms with Gasteiger partial charge < -0.3 is 31.9 Å². The molecule has 0 rings (SSSR count). The van der Waals surface area contributed by atoms with Crippen LogP contribution in [0.15, 0.2) is 0 Å². The summed E-state index contributed by atoms with van der Waals surface area (Å²) in [5.74, 6) is -9.91. The van der Waals surface area contributed by atoms with Gasteiger partial charge in [0.15, 0.2) is 22.6 Å². The Morgan fingerprint density at radius 2 is 0.875 bits per heavy atom. The molecule has 8 N–H and O–H groups in total. The summed E-state index contributed by atoms with van der Waals surface area (Å²) in [6.45, 7) is 0. The van der Waals surface area contributed by atoms with Crippen LogP contribution in [0.5, 0.6) is 0 Å². The van der Waals surface area contributed by atoms with Crippen molar-refractivity contribution in [3.05, 3.63) is 0 Å². The first kappa shape index (κ1) is 21.1. The fourth-order valence-corrected chi connectivity index (χ4v) is 1.74. The van der Waals surface area contributed by atoms with Gasteiger partial charge >= 0.3 is 23.9 Å². The van der Waals surface area contributed by atoms with Gasteiger partial charge in [0.25, 0.3) is 0 Å². The number of hydrogen-bond acceptors (Lipinski definition) is 8. The molecule has 0 aliphatic rings. The molecule has 134 valence electrons. The van der Waals surface area contributed by atoms with Crippen LogP contribution < -0.4 is 11.5 Å². The topological polar surface area (TPSA) is 235 Å². The van der Waals surface area contributed by atoms with Crippen molar-refractivity contribution in [1.29, 1.82) is 0 Å². The average molecular weight is 348 g/mol. The van der Waals surface area contributed by atoms with E-state index in [4.69, 9.17) is 31.9 Å². The molecular weight excluding hydrogens is 332 g/mol. The number of aliphatic carboxylic acids is 4. The van der Waals surface area contributed by atoms with Crippen molar-refractivity contribution in [2.24, 2.45) is 11.5 Å². The maximum absolute atomic E-state index is 11.8. The minimum absolute atomic E-state index is 0.916. The monoisotopic (exact) mass is 348 g/mol. The van der Waals surface area contributed by atoms with E-state index in [1.54, 1.807) is 0 Å². The van der Waals surface area contributed by atoms with Crippen molar-refractivity contribution in [1.82, 2.24) is 0 Å². The maximum atomic E-state index is 11.8. The fourth-order valence-electron chi connectivity index (χ4n) is 1.74. The first-order valence-corrected chi connectivity index (χ1v) is 6.32. The first-order chi connectivity index (χ1) is 10.8. The summed E-state index contributed by atoms with van der Waals surface area (Å²) in [6.07, 6.45) is -4.34. The SMILES string of the molecule is N[C@](CC(=O)O)(C(=O)O)C(=O)CCC(=O)[C@@](N)(CC(=O)O)C(=O)O. The summed E-state index contributed by atoms with van der Waals surface area (Å²) in [5.41, 5.74) is 4.86. The summed E-state index contributed by atoms with van der Waals surface area (Å²) in [7, 11) is 0. The maximum Gasteiger partial charge on any atom is 0.332 e. The number of Topliss-reactive ketones (excluding diaryl/α,β-unsaturated/α-hetero) is 2. The highest BCUT2D eigenvalue weighted by atomic mass is 16.4. The van der Waals surface area contributed by atoms with E-state index < -0.39 is 72.2 Å². The van der Waals surface area contributed by atoms with Crippen LogP contribution in [-0.2, 0) is 28.8 Å². The Morgan fingerprint density at radius 1 is 0.625 bits per heavy atom. The lowest BCUT2D eigenvalue weighted by Gasteiger charge is -2.23. The van der Waals surface area contributed by atoms with Gasteiger partial charge in [-0.2, -0.15) is 0 Å². The number of ketones is 2. The van der Waals surface area contributed by atoms with Gasteiger partial charge in [-0.25, -0.2) is 9.59 Å². The van der Waals surface area contributed by atoms with Crippen LogP contribution in [0, 0.1) is 0 Å². The Labute approximate surface area is 134 Å². The quantitative estimate of drug-likeness (QED) is 0.211. The molecule has 0 aliphatic carbocycles. The van der Waals surface area contributed by atoms with Gasteiger partial charge in [0.2, 0.25) is 0 Å². The van der Waals surface area contributed by atoms with Gasteiger partial charge in [-0.15, -0.1) is 0 Å². The number of nitrogens with two attached hydrogens (primary N) is 2. The second-order valence-electron chi connectivity index (χ2n) is 5.04. The first-order valence-electron chi connectivity index (χ1n) is 6.32. The van der Waals surface area contributed by atoms with E-state index >= 15 is 0 Å². The lowest BCUT2D eigenvalue weighted by atomic mass is 9.84. The summed E-state index contributed by atoms with van der Waals surface area (Å²) < 4.78 is 0. The molecular formula is C12H16N2O10. The predicted molar refractivity (Wildman–Crippen MR) is 72.9 cm³/mol. The van der Waals surface area contributed by atoms with Crippen molar-refractivity contribution >= 4 is 35.4 Å². The zero-order valence-corrected chi connectivity index (χ0v) is 12.2. The van der Waals surface area contributed by atoms with Crippen molar-refractivity contribution in [2.45, 2.75) is 36.8 Å². The third-order valence-electron chi connectivity index (χ3n) is 3.20. The number of carboxylic acids is 4. The summed E-state index contributed by atoms with van der Waals surface area (Å²) >= 11 is 0. The largest absolute Gasteiger partial charge is 0.481 e. The van der Waals surface area contributed by atoms with E-state index in [1.807, 2.05) is 0 Å². The molecule has 0 spiro atoms. The highest BCUT2D eigenvalue weighted by molar-refractivity contribution is 6.13. The van der Waals surface area contributed by atoms with Crippen LogP contribution in [0.3, 0.4) is 0 Å². The van der Waals surface area contributed by atoms with Crippen LogP contribution in [0.4, 0.5) is 0 Å². The number of carbonyl (C=O) groups excluding carboxylic acids is 2. The minimum Gasteiger partial charge on any atom is -0.481 e. The molecule has 2 atom stereocenters. The Hall–Kier alpha value is -2.86. The van der Waals surface area contributed by atoms with Crippen LogP contribution in [0.2, 0.25) is 0 Å². The molecule has 0 aromatic carbocycles. The molecule has 12 nitrogen and oxygen atoms in total. The van der Waals surface area contributed by atoms with Crippen molar-refractivity contribution in [2.75, 3.05) is 0 Å². The Morgan fingerprint density at radius 3 is 1.04 bits per heavy atom. The Balaban J connectivity index is 5.22. The number of hydrogen-bond donors (Lipinski definition) is 6. The average Bonchev–Trinajstić information content (AvgIpc) is 2.41. The zero-order chi connectivity index (χ0) is 19.3. The molecule has 0 fully saturated rings. The number of carboxylic acid groups (broad SMARTS) is 4. The molecule has 0 aromatic heterocycles. The zero-order valence-electron chi connectivity index (χ0n) is 12.2. The van der Waals surface area contributed by atoms with Crippen molar-refractivity contribution in [3.8, 4) is 0 Å². The smallest absolute Gasteiger partial charge is 0.332 e. The van der Waals surface area contributed by atoms with E-state index in [0.717, 1.165) is 0 Å². The van der Waals surface area contributed by atoms with E-state index in [1.165, 1.54) is 0 Å². The molecule has 0 unspecified atom stereocenters. The van der Waals surface area contributed by atoms with Gasteiger partial charge in [0, 0.05) is 12.8 Å². The van der Waals surface area contributed by atoms with Gasteiger partial charge in [-0.1, -0.05) is 0 Å². The molecule has 0 saturated carbocycles. The van der Waals surface area contributed by atoms with Gasteiger partial charge in [0.1, 0.15) is 0 Å². The van der Waals surface area contributed by atoms with Crippen LogP contribution >= 0.6 is 0 Å². The summed E-state index contributed by atoms with van der Waals surface area (Å²) in [4.78, 5) is 66.9. The van der Waals surface area contributed by atoms with Crippen molar-refractivity contribution in [3.63, 3.8) is 0 Å². The second-order valence-corrected chi connectivity index (χ2v) is 5.04. The third kappa shape index (κ3) is 4.82. The highest BCUT2D eigenvalue weighted by Crippen LogP contribution is 2.17. The predicted octanol–water partition coefficient (Wildman–Crippen LogP) is -2.58. The molecule has 0 heterocycles. The van der Waals surface area contributed by atoms with Crippen LogP contribution in [0.25, 0.3) is 0 Å². The van der Waals surface area contributed by atoms with Gasteiger partial charge in [0.05, 0.1) is 12.8 Å². The highest BCUT2D eigenvalue weighted by Gasteiger charge is 2.47. The molecule has 12 heteroatoms. The molecule has 0 saturated heterocycles. The number of carbonyl (C=O) groups is 6. The van der Waals surface area contributed by atoms with E-state index in [9.17, 15) is 28.8 Å². The van der Waals surface area contributed by atoms with E-state index in [0.29, 0.717) is 0 Å². The molecule has 24 heavy (non-hydrogen) atoms. The van der Waals surface area contributed by atoms with Gasteiger partial charge in [-0.05, 0) is 0 Å². The summed E-state index contributed by atoms with van der Waals surface area (Å²) in [6, 6.07) is 0. The standard InChI is InChI=1S/C12H16N2O10/c13-11(9(21)22,3-7(17)18)5(15)1-2-6(16)12(14,10(23)24)4-8(19)20/h1-4,13-14H2,(H,17,18)(H,19,20)(H,21,22)(H,23,24)/t11-,12-/m0/s1. The minimum atomic E-state index is -2.81. The van der Waals surface area contributed by atoms with Gasteiger partial charge in [-0.3, -0.25) is 19.2 Å². The molecule has 0 aromatic rings. The number of rotatable bonds is 11. The lowest BCUT2D eigenvalue weighted by molar-refractivity contribution is -0.156. The Kier molecular flexibility index (Phi) is 6.70. The third-order valence-corrected chi connectivity index (χ3v) is 3.20. The normalized spacial score (nSPS) is 15.6. The Bertz CT molecular complexity index is 549. The van der Waals surface area contributed by atoms with Crippen molar-refractivity contribution < 1.29 is 49.2 Å². The van der Waals surface area contributed by atoms with Crippen LogP contribution in [0.1, 0.15) is 25.7 Å². The second kappa shape index (κ2) is 7.61. The van der Waals surface area contributed by atoms with Crippen LogP contribution in [-0.4, -0.2) is 66.9 Å². The lowest BCUT2D eigenvalue weighted by Crippen LogP contribution is -2.58. The molecule has 0 radical (unpaired) electrons. The molecule has 0 aliphatic heterocycles. The fraction of sp³-hybridized carbons (Fsp3) is 0.500. The van der Waals surface area contributed by atoms with E-state index in [2.05, 4.69) is 0 Å².